The predicted molar refractivity (Wildman–Crippen MR) is 73.4 cm³/mol. The zero-order chi connectivity index (χ0) is 14.1. The van der Waals surface area contributed by atoms with E-state index in [1.54, 1.807) is 0 Å². The van der Waals surface area contributed by atoms with E-state index in [1.807, 2.05) is 24.3 Å². The molecule has 2 unspecified atom stereocenters. The molecule has 1 aliphatic carbocycles. The minimum absolute atomic E-state index is 0.214. The number of aliphatic hydroxyl groups is 1. The number of fused-ring (bicyclic) bond motifs is 1. The lowest BCUT2D eigenvalue weighted by Gasteiger charge is -2.30. The molecule has 0 bridgehead atoms. The van der Waals surface area contributed by atoms with Gasteiger partial charge in [0.15, 0.2) is 0 Å². The van der Waals surface area contributed by atoms with Gasteiger partial charge in [-0.2, -0.15) is 0 Å². The van der Waals surface area contributed by atoms with Crippen LogP contribution in [0.1, 0.15) is 41.6 Å². The fourth-order valence-electron chi connectivity index (χ4n) is 3.11. The molecular formula is C17H16F2O. The molecule has 0 heterocycles. The zero-order valence-corrected chi connectivity index (χ0v) is 11.0. The van der Waals surface area contributed by atoms with E-state index in [0.29, 0.717) is 0 Å². The van der Waals surface area contributed by atoms with Gasteiger partial charge < -0.3 is 5.11 Å². The quantitative estimate of drug-likeness (QED) is 0.873. The number of hydrogen-bond donors (Lipinski definition) is 1. The summed E-state index contributed by atoms with van der Waals surface area (Å²) in [5.74, 6) is -1.60. The summed E-state index contributed by atoms with van der Waals surface area (Å²) in [6.07, 6.45) is 1.48. The molecule has 2 aromatic rings. The number of aryl methyl sites for hydroxylation is 1. The van der Waals surface area contributed by atoms with Gasteiger partial charge in [-0.15, -0.1) is 0 Å². The molecule has 0 spiro atoms. The molecule has 0 saturated heterocycles. The maximum absolute atomic E-state index is 13.8. The van der Waals surface area contributed by atoms with E-state index in [-0.39, 0.29) is 11.5 Å². The van der Waals surface area contributed by atoms with E-state index in [1.165, 1.54) is 23.8 Å². The third-order valence-electron chi connectivity index (χ3n) is 4.09. The maximum atomic E-state index is 13.8. The van der Waals surface area contributed by atoms with Gasteiger partial charge in [-0.3, -0.25) is 0 Å². The number of benzene rings is 2. The number of halogens is 2. The summed E-state index contributed by atoms with van der Waals surface area (Å²) in [6, 6.07) is 11.5. The molecule has 3 heteroatoms. The molecule has 1 nitrogen and oxygen atoms in total. The van der Waals surface area contributed by atoms with Crippen LogP contribution in [0.25, 0.3) is 0 Å². The molecule has 0 aromatic heterocycles. The Bertz CT molecular complexity index is 604. The standard InChI is InChI=1S/C17H16F2O/c18-14-9-4-10-15(19)16(14)17(20)13-8-3-6-11-5-1-2-7-12(11)13/h1-2,4-5,7,9-10,13,17,20H,3,6,8H2. The lowest BCUT2D eigenvalue weighted by Crippen LogP contribution is -2.19. The van der Waals surface area contributed by atoms with Crippen LogP contribution < -0.4 is 0 Å². The van der Waals surface area contributed by atoms with Crippen LogP contribution in [0.3, 0.4) is 0 Å². The average Bonchev–Trinajstić information content (AvgIpc) is 2.46. The number of hydrogen-bond acceptors (Lipinski definition) is 1. The first-order valence-corrected chi connectivity index (χ1v) is 6.88. The first-order valence-electron chi connectivity index (χ1n) is 6.88. The number of aliphatic hydroxyl groups excluding tert-OH is 1. The van der Waals surface area contributed by atoms with Gasteiger partial charge in [0.2, 0.25) is 0 Å². The van der Waals surface area contributed by atoms with E-state index in [0.717, 1.165) is 24.8 Å². The normalized spacial score (nSPS) is 19.4. The molecule has 2 atom stereocenters. The Morgan fingerprint density at radius 2 is 1.70 bits per heavy atom. The Balaban J connectivity index is 2.02. The van der Waals surface area contributed by atoms with E-state index in [4.69, 9.17) is 0 Å². The highest BCUT2D eigenvalue weighted by Crippen LogP contribution is 2.41. The molecule has 0 radical (unpaired) electrons. The zero-order valence-electron chi connectivity index (χ0n) is 11.0. The van der Waals surface area contributed by atoms with Gasteiger partial charge in [-0.05, 0) is 42.5 Å². The van der Waals surface area contributed by atoms with Gasteiger partial charge in [0.25, 0.3) is 0 Å². The average molecular weight is 274 g/mol. The lowest BCUT2D eigenvalue weighted by molar-refractivity contribution is 0.127. The highest BCUT2D eigenvalue weighted by Gasteiger charge is 2.30. The minimum atomic E-state index is -1.14. The molecule has 1 N–H and O–H groups in total. The minimum Gasteiger partial charge on any atom is -0.388 e. The van der Waals surface area contributed by atoms with Crippen molar-refractivity contribution < 1.29 is 13.9 Å². The molecular weight excluding hydrogens is 258 g/mol. The van der Waals surface area contributed by atoms with Crippen molar-refractivity contribution in [2.45, 2.75) is 31.3 Å². The predicted octanol–water partition coefficient (Wildman–Crippen LogP) is 4.12. The summed E-state index contributed by atoms with van der Waals surface area (Å²) in [5, 5.41) is 10.5. The van der Waals surface area contributed by atoms with Gasteiger partial charge in [0, 0.05) is 5.92 Å². The van der Waals surface area contributed by atoms with Gasteiger partial charge in [0.05, 0.1) is 11.7 Å². The molecule has 0 fully saturated rings. The maximum Gasteiger partial charge on any atom is 0.131 e. The van der Waals surface area contributed by atoms with Crippen molar-refractivity contribution in [1.82, 2.24) is 0 Å². The van der Waals surface area contributed by atoms with Crippen molar-refractivity contribution >= 4 is 0 Å². The second-order valence-corrected chi connectivity index (χ2v) is 5.28. The fraction of sp³-hybridized carbons (Fsp3) is 0.294. The monoisotopic (exact) mass is 274 g/mol. The van der Waals surface area contributed by atoms with Gasteiger partial charge >= 0.3 is 0 Å². The molecule has 0 saturated carbocycles. The molecule has 104 valence electrons. The third kappa shape index (κ3) is 2.22. The van der Waals surface area contributed by atoms with Crippen molar-refractivity contribution in [2.24, 2.45) is 0 Å². The molecule has 20 heavy (non-hydrogen) atoms. The van der Waals surface area contributed by atoms with Crippen LogP contribution in [-0.4, -0.2) is 5.11 Å². The Morgan fingerprint density at radius 3 is 2.45 bits per heavy atom. The SMILES string of the molecule is OC(c1c(F)cccc1F)C1CCCc2ccccc21. The largest absolute Gasteiger partial charge is 0.388 e. The lowest BCUT2D eigenvalue weighted by atomic mass is 9.78. The van der Waals surface area contributed by atoms with Gasteiger partial charge in [0.1, 0.15) is 11.6 Å². The summed E-state index contributed by atoms with van der Waals surface area (Å²) in [5.41, 5.74) is 1.96. The second kappa shape index (κ2) is 5.33. The Morgan fingerprint density at radius 1 is 1.00 bits per heavy atom. The fourth-order valence-corrected chi connectivity index (χ4v) is 3.11. The van der Waals surface area contributed by atoms with Crippen molar-refractivity contribution in [1.29, 1.82) is 0 Å². The molecule has 1 aliphatic rings. The molecule has 2 aromatic carbocycles. The van der Waals surface area contributed by atoms with Crippen molar-refractivity contribution in [3.63, 3.8) is 0 Å². The summed E-state index contributed by atoms with van der Waals surface area (Å²) in [6.45, 7) is 0. The number of rotatable bonds is 2. The molecule has 3 rings (SSSR count). The van der Waals surface area contributed by atoms with E-state index >= 15 is 0 Å². The van der Waals surface area contributed by atoms with Crippen LogP contribution in [-0.2, 0) is 6.42 Å². The van der Waals surface area contributed by atoms with Crippen LogP contribution in [0, 0.1) is 11.6 Å². The first kappa shape index (κ1) is 13.3. The second-order valence-electron chi connectivity index (χ2n) is 5.28. The van der Waals surface area contributed by atoms with Gasteiger partial charge in [-0.1, -0.05) is 30.3 Å². The van der Waals surface area contributed by atoms with Crippen molar-refractivity contribution in [3.05, 3.63) is 70.8 Å². The van der Waals surface area contributed by atoms with Crippen LogP contribution in [0.2, 0.25) is 0 Å². The molecule has 0 aliphatic heterocycles. The summed E-state index contributed by atoms with van der Waals surface area (Å²) >= 11 is 0. The highest BCUT2D eigenvalue weighted by molar-refractivity contribution is 5.36. The van der Waals surface area contributed by atoms with Crippen LogP contribution >= 0.6 is 0 Å². The summed E-state index contributed by atoms with van der Waals surface area (Å²) in [7, 11) is 0. The van der Waals surface area contributed by atoms with Crippen molar-refractivity contribution in [3.8, 4) is 0 Å². The highest BCUT2D eigenvalue weighted by atomic mass is 19.1. The smallest absolute Gasteiger partial charge is 0.131 e. The van der Waals surface area contributed by atoms with E-state index < -0.39 is 17.7 Å². The van der Waals surface area contributed by atoms with Gasteiger partial charge in [-0.25, -0.2) is 8.78 Å². The Hall–Kier alpha value is -1.74. The summed E-state index contributed by atoms with van der Waals surface area (Å²) < 4.78 is 27.7. The van der Waals surface area contributed by atoms with E-state index in [9.17, 15) is 13.9 Å². The topological polar surface area (TPSA) is 20.2 Å². The van der Waals surface area contributed by atoms with Crippen LogP contribution in [0.15, 0.2) is 42.5 Å². The first-order chi connectivity index (χ1) is 9.68. The van der Waals surface area contributed by atoms with E-state index in [2.05, 4.69) is 0 Å². The van der Waals surface area contributed by atoms with Crippen LogP contribution in [0.4, 0.5) is 8.78 Å². The Kier molecular flexibility index (Phi) is 3.53. The Labute approximate surface area is 116 Å². The third-order valence-corrected chi connectivity index (χ3v) is 4.09. The summed E-state index contributed by atoms with van der Waals surface area (Å²) in [4.78, 5) is 0. The van der Waals surface area contributed by atoms with Crippen LogP contribution in [0.5, 0.6) is 0 Å². The van der Waals surface area contributed by atoms with Crippen molar-refractivity contribution in [2.75, 3.05) is 0 Å². The molecule has 0 amide bonds.